The molecule has 0 saturated carbocycles. The molecule has 5 rings (SSSR count). The van der Waals surface area contributed by atoms with Crippen molar-refractivity contribution in [1.82, 2.24) is 14.8 Å². The number of urea groups is 1. The molecular formula is C29H25ClN4O3. The Bertz CT molecular complexity index is 1560. The molecule has 2 heterocycles. The number of halogens is 1. The minimum atomic E-state index is -0.630. The van der Waals surface area contributed by atoms with Gasteiger partial charge >= 0.3 is 6.03 Å². The van der Waals surface area contributed by atoms with E-state index >= 15 is 0 Å². The topological polar surface area (TPSA) is 83.4 Å². The van der Waals surface area contributed by atoms with Crippen LogP contribution in [0.1, 0.15) is 23.6 Å². The molecule has 0 atom stereocenters. The maximum atomic E-state index is 13.1. The monoisotopic (exact) mass is 512 g/mol. The van der Waals surface area contributed by atoms with Gasteiger partial charge in [-0.1, -0.05) is 73.1 Å². The molecule has 0 unspecified atom stereocenters. The number of hydrogen-bond donors (Lipinski definition) is 2. The number of fused-ring (bicyclic) bond motifs is 1. The zero-order valence-corrected chi connectivity index (χ0v) is 21.0. The molecule has 0 aliphatic carbocycles. The summed E-state index contributed by atoms with van der Waals surface area (Å²) in [6, 6.07) is 22.3. The number of carbonyl (C=O) groups excluding carboxylic acids is 3. The molecule has 1 aliphatic rings. The Labute approximate surface area is 219 Å². The Balaban J connectivity index is 1.38. The van der Waals surface area contributed by atoms with E-state index in [0.29, 0.717) is 17.3 Å². The summed E-state index contributed by atoms with van der Waals surface area (Å²) >= 11 is 6.37. The van der Waals surface area contributed by atoms with Gasteiger partial charge in [0.25, 0.3) is 5.91 Å². The van der Waals surface area contributed by atoms with E-state index in [1.54, 1.807) is 12.1 Å². The van der Waals surface area contributed by atoms with Crippen molar-refractivity contribution in [3.8, 4) is 0 Å². The Hall–Kier alpha value is -4.36. The van der Waals surface area contributed by atoms with Crippen molar-refractivity contribution in [3.63, 3.8) is 0 Å². The second-order valence-electron chi connectivity index (χ2n) is 8.76. The van der Waals surface area contributed by atoms with Crippen LogP contribution in [0.15, 0.2) is 84.7 Å². The molecule has 4 amide bonds. The standard InChI is InChI=1S/C29H25ClN4O3/c1-2-19-9-4-7-13-24(19)31-27(35)18-34-28(36)25(32-29(34)37)15-21-17-33(26-14-8-5-11-22(21)26)16-20-10-3-6-12-23(20)30/h3-15,17H,2,16,18H2,1H3,(H,31,35)(H,32,37)/b25-15+. The average Bonchev–Trinajstić information content (AvgIpc) is 3.37. The molecule has 8 heteroatoms. The van der Waals surface area contributed by atoms with Gasteiger partial charge in [-0.3, -0.25) is 9.59 Å². The third-order valence-corrected chi connectivity index (χ3v) is 6.72. The molecule has 1 aromatic heterocycles. The van der Waals surface area contributed by atoms with Gasteiger partial charge in [0.05, 0.1) is 0 Å². The van der Waals surface area contributed by atoms with E-state index < -0.39 is 17.8 Å². The number of aryl methyl sites for hydroxylation is 1. The van der Waals surface area contributed by atoms with E-state index in [2.05, 4.69) is 15.2 Å². The summed E-state index contributed by atoms with van der Waals surface area (Å²) in [4.78, 5) is 39.2. The SMILES string of the molecule is CCc1ccccc1NC(=O)CN1C(=O)N/C(=C/c2cn(Cc3ccccc3Cl)c3ccccc23)C1=O. The van der Waals surface area contributed by atoms with Crippen molar-refractivity contribution < 1.29 is 14.4 Å². The molecule has 1 aliphatic heterocycles. The van der Waals surface area contributed by atoms with Crippen LogP contribution in [0.25, 0.3) is 17.0 Å². The smallest absolute Gasteiger partial charge is 0.329 e. The first-order valence-electron chi connectivity index (χ1n) is 12.0. The number of hydrogen-bond acceptors (Lipinski definition) is 3. The van der Waals surface area contributed by atoms with Crippen LogP contribution in [0.4, 0.5) is 10.5 Å². The lowest BCUT2D eigenvalue weighted by molar-refractivity contribution is -0.127. The number of carbonyl (C=O) groups is 3. The quantitative estimate of drug-likeness (QED) is 0.255. The van der Waals surface area contributed by atoms with E-state index in [-0.39, 0.29) is 12.2 Å². The zero-order chi connectivity index (χ0) is 25.9. The molecule has 4 aromatic rings. The van der Waals surface area contributed by atoms with E-state index in [1.807, 2.05) is 79.9 Å². The van der Waals surface area contributed by atoms with Crippen LogP contribution in [0.3, 0.4) is 0 Å². The fourth-order valence-electron chi connectivity index (χ4n) is 4.49. The fraction of sp³-hybridized carbons (Fsp3) is 0.138. The van der Waals surface area contributed by atoms with Crippen LogP contribution >= 0.6 is 11.6 Å². The first-order valence-corrected chi connectivity index (χ1v) is 12.4. The Morgan fingerprint density at radius 1 is 0.973 bits per heavy atom. The van der Waals surface area contributed by atoms with Gasteiger partial charge in [0.15, 0.2) is 0 Å². The van der Waals surface area contributed by atoms with Crippen molar-refractivity contribution in [3.05, 3.63) is 106 Å². The van der Waals surface area contributed by atoms with Gasteiger partial charge in [-0.05, 0) is 41.8 Å². The predicted octanol–water partition coefficient (Wildman–Crippen LogP) is 5.44. The van der Waals surface area contributed by atoms with Crippen LogP contribution in [0.2, 0.25) is 5.02 Å². The number of para-hydroxylation sites is 2. The molecular weight excluding hydrogens is 488 g/mol. The van der Waals surface area contributed by atoms with Crippen molar-refractivity contribution in [2.75, 3.05) is 11.9 Å². The number of rotatable bonds is 7. The number of benzene rings is 3. The first-order chi connectivity index (χ1) is 17.9. The van der Waals surface area contributed by atoms with Crippen molar-refractivity contribution in [2.24, 2.45) is 0 Å². The summed E-state index contributed by atoms with van der Waals surface area (Å²) in [6.07, 6.45) is 4.32. The third-order valence-electron chi connectivity index (χ3n) is 6.35. The number of nitrogens with zero attached hydrogens (tertiary/aromatic N) is 2. The van der Waals surface area contributed by atoms with Crippen LogP contribution in [0.5, 0.6) is 0 Å². The maximum absolute atomic E-state index is 13.1. The van der Waals surface area contributed by atoms with Crippen molar-refractivity contribution >= 4 is 52.1 Å². The van der Waals surface area contributed by atoms with Gasteiger partial charge in [0.2, 0.25) is 5.91 Å². The number of nitrogens with one attached hydrogen (secondary N) is 2. The van der Waals surface area contributed by atoms with E-state index in [0.717, 1.165) is 38.9 Å². The van der Waals surface area contributed by atoms with Crippen LogP contribution < -0.4 is 10.6 Å². The third kappa shape index (κ3) is 4.99. The highest BCUT2D eigenvalue weighted by molar-refractivity contribution is 6.31. The lowest BCUT2D eigenvalue weighted by Crippen LogP contribution is -2.38. The average molecular weight is 513 g/mol. The Morgan fingerprint density at radius 2 is 1.68 bits per heavy atom. The van der Waals surface area contributed by atoms with Crippen molar-refractivity contribution in [2.45, 2.75) is 19.9 Å². The van der Waals surface area contributed by atoms with Gasteiger partial charge in [-0.15, -0.1) is 0 Å². The van der Waals surface area contributed by atoms with Crippen LogP contribution in [0, 0.1) is 0 Å². The second kappa shape index (κ2) is 10.3. The Morgan fingerprint density at radius 3 is 2.46 bits per heavy atom. The fourth-order valence-corrected chi connectivity index (χ4v) is 4.68. The molecule has 3 aromatic carbocycles. The zero-order valence-electron chi connectivity index (χ0n) is 20.2. The second-order valence-corrected chi connectivity index (χ2v) is 9.17. The summed E-state index contributed by atoms with van der Waals surface area (Å²) in [5.41, 5.74) is 4.47. The molecule has 7 nitrogen and oxygen atoms in total. The minimum absolute atomic E-state index is 0.118. The van der Waals surface area contributed by atoms with E-state index in [4.69, 9.17) is 11.6 Å². The van der Waals surface area contributed by atoms with Gasteiger partial charge in [0.1, 0.15) is 12.2 Å². The normalized spacial score (nSPS) is 14.4. The highest BCUT2D eigenvalue weighted by Crippen LogP contribution is 2.27. The number of amides is 4. The van der Waals surface area contributed by atoms with Gasteiger partial charge in [-0.2, -0.15) is 0 Å². The highest BCUT2D eigenvalue weighted by atomic mass is 35.5. The Kier molecular flexibility index (Phi) is 6.79. The molecule has 37 heavy (non-hydrogen) atoms. The minimum Gasteiger partial charge on any atom is -0.342 e. The summed E-state index contributed by atoms with van der Waals surface area (Å²) in [6.45, 7) is 2.16. The molecule has 1 fully saturated rings. The summed E-state index contributed by atoms with van der Waals surface area (Å²) < 4.78 is 2.06. The van der Waals surface area contributed by atoms with E-state index in [9.17, 15) is 14.4 Å². The largest absolute Gasteiger partial charge is 0.342 e. The summed E-state index contributed by atoms with van der Waals surface area (Å²) in [7, 11) is 0. The number of aromatic nitrogens is 1. The molecule has 0 spiro atoms. The lowest BCUT2D eigenvalue weighted by Gasteiger charge is -2.13. The summed E-state index contributed by atoms with van der Waals surface area (Å²) in [5, 5.41) is 7.02. The molecule has 0 radical (unpaired) electrons. The van der Waals surface area contributed by atoms with E-state index in [1.165, 1.54) is 0 Å². The predicted molar refractivity (Wildman–Crippen MR) is 145 cm³/mol. The molecule has 2 N–H and O–H groups in total. The van der Waals surface area contributed by atoms with Gasteiger partial charge in [0, 0.05) is 39.9 Å². The van der Waals surface area contributed by atoms with Crippen LogP contribution in [-0.2, 0) is 22.6 Å². The van der Waals surface area contributed by atoms with Crippen LogP contribution in [-0.4, -0.2) is 33.9 Å². The number of imide groups is 1. The summed E-state index contributed by atoms with van der Waals surface area (Å²) in [5.74, 6) is -0.992. The highest BCUT2D eigenvalue weighted by Gasteiger charge is 2.35. The molecule has 186 valence electrons. The molecule has 0 bridgehead atoms. The molecule has 1 saturated heterocycles. The van der Waals surface area contributed by atoms with Gasteiger partial charge < -0.3 is 15.2 Å². The first kappa shape index (κ1) is 24.3. The maximum Gasteiger partial charge on any atom is 0.329 e. The lowest BCUT2D eigenvalue weighted by atomic mass is 10.1. The van der Waals surface area contributed by atoms with Crippen molar-refractivity contribution in [1.29, 1.82) is 0 Å². The number of anilines is 1. The van der Waals surface area contributed by atoms with Gasteiger partial charge in [-0.25, -0.2) is 9.69 Å².